The van der Waals surface area contributed by atoms with Crippen LogP contribution in [0.4, 0.5) is 5.69 Å². The molecule has 5 nitrogen and oxygen atoms in total. The molecule has 0 atom stereocenters. The van der Waals surface area contributed by atoms with E-state index in [1.807, 2.05) is 37.3 Å². The minimum absolute atomic E-state index is 0.232. The van der Waals surface area contributed by atoms with Crippen LogP contribution in [0.5, 0.6) is 5.75 Å². The van der Waals surface area contributed by atoms with E-state index in [0.29, 0.717) is 18.0 Å². The second-order valence-corrected chi connectivity index (χ2v) is 5.19. The first-order valence-electron chi connectivity index (χ1n) is 7.33. The van der Waals surface area contributed by atoms with Gasteiger partial charge in [-0.3, -0.25) is 9.59 Å². The fourth-order valence-corrected chi connectivity index (χ4v) is 2.06. The van der Waals surface area contributed by atoms with Crippen molar-refractivity contribution in [2.45, 2.75) is 19.9 Å². The third kappa shape index (κ3) is 5.14. The molecule has 0 aromatic heterocycles. The molecular formula is C18H20N2O3. The Morgan fingerprint density at radius 1 is 1.00 bits per heavy atom. The Hall–Kier alpha value is -2.82. The number of benzene rings is 2. The summed E-state index contributed by atoms with van der Waals surface area (Å²) in [6, 6.07) is 14.9. The summed E-state index contributed by atoms with van der Waals surface area (Å²) in [5.41, 5.74) is 2.71. The Labute approximate surface area is 135 Å². The molecule has 0 radical (unpaired) electrons. The minimum atomic E-state index is -0.379. The number of hydrogen-bond acceptors (Lipinski definition) is 3. The summed E-state index contributed by atoms with van der Waals surface area (Å²) in [7, 11) is 1.53. The largest absolute Gasteiger partial charge is 0.495 e. The van der Waals surface area contributed by atoms with Crippen LogP contribution in [0.1, 0.15) is 17.5 Å². The number of anilines is 1. The highest BCUT2D eigenvalue weighted by Gasteiger charge is 2.11. The van der Waals surface area contributed by atoms with Gasteiger partial charge in [0.2, 0.25) is 11.8 Å². The first-order chi connectivity index (χ1) is 11.1. The highest BCUT2D eigenvalue weighted by Crippen LogP contribution is 2.22. The average Bonchev–Trinajstić information content (AvgIpc) is 2.54. The summed E-state index contributed by atoms with van der Waals surface area (Å²) in [6.07, 6.45) is -0.232. The second kappa shape index (κ2) is 7.98. The van der Waals surface area contributed by atoms with Crippen LogP contribution in [0.3, 0.4) is 0 Å². The lowest BCUT2D eigenvalue weighted by atomic mass is 10.1. The van der Waals surface area contributed by atoms with Crippen LogP contribution in [-0.4, -0.2) is 18.9 Å². The molecule has 2 amide bonds. The summed E-state index contributed by atoms with van der Waals surface area (Å²) >= 11 is 0. The van der Waals surface area contributed by atoms with Gasteiger partial charge in [0.05, 0.1) is 12.8 Å². The van der Waals surface area contributed by atoms with E-state index < -0.39 is 0 Å². The van der Waals surface area contributed by atoms with Crippen LogP contribution in [-0.2, 0) is 16.1 Å². The lowest BCUT2D eigenvalue weighted by Crippen LogP contribution is -2.27. The third-order valence-corrected chi connectivity index (χ3v) is 3.31. The van der Waals surface area contributed by atoms with Crippen molar-refractivity contribution in [1.82, 2.24) is 5.32 Å². The third-order valence-electron chi connectivity index (χ3n) is 3.31. The predicted octanol–water partition coefficient (Wildman–Crippen LogP) is 2.65. The number of carbonyl (C=O) groups is 2. The predicted molar refractivity (Wildman–Crippen MR) is 89.3 cm³/mol. The van der Waals surface area contributed by atoms with Crippen LogP contribution in [0.15, 0.2) is 48.5 Å². The fraction of sp³-hybridized carbons (Fsp3) is 0.222. The Morgan fingerprint density at radius 2 is 1.70 bits per heavy atom. The van der Waals surface area contributed by atoms with Crippen molar-refractivity contribution >= 4 is 17.5 Å². The molecule has 2 rings (SSSR count). The molecule has 0 saturated heterocycles. The number of aryl methyl sites for hydroxylation is 1. The molecule has 2 aromatic carbocycles. The van der Waals surface area contributed by atoms with Gasteiger partial charge in [-0.2, -0.15) is 0 Å². The highest BCUT2D eigenvalue weighted by atomic mass is 16.5. The zero-order valence-electron chi connectivity index (χ0n) is 13.3. The van der Waals surface area contributed by atoms with Gasteiger partial charge in [-0.15, -0.1) is 0 Å². The Bertz CT molecular complexity index is 681. The Balaban J connectivity index is 1.82. The van der Waals surface area contributed by atoms with E-state index in [-0.39, 0.29) is 18.2 Å². The summed E-state index contributed by atoms with van der Waals surface area (Å²) < 4.78 is 5.15. The van der Waals surface area contributed by atoms with Crippen LogP contribution < -0.4 is 15.4 Å². The molecule has 0 heterocycles. The molecule has 0 aliphatic rings. The highest BCUT2D eigenvalue weighted by molar-refractivity contribution is 6.04. The van der Waals surface area contributed by atoms with Crippen molar-refractivity contribution in [3.8, 4) is 5.75 Å². The van der Waals surface area contributed by atoms with Gasteiger partial charge in [-0.05, 0) is 24.6 Å². The second-order valence-electron chi connectivity index (χ2n) is 5.19. The van der Waals surface area contributed by atoms with Crippen LogP contribution >= 0.6 is 0 Å². The van der Waals surface area contributed by atoms with Crippen LogP contribution in [0.2, 0.25) is 0 Å². The van der Waals surface area contributed by atoms with Crippen LogP contribution in [0, 0.1) is 6.92 Å². The van der Waals surface area contributed by atoms with E-state index in [0.717, 1.165) is 11.1 Å². The van der Waals surface area contributed by atoms with Gasteiger partial charge in [-0.1, -0.05) is 42.0 Å². The van der Waals surface area contributed by atoms with E-state index in [1.165, 1.54) is 7.11 Å². The summed E-state index contributed by atoms with van der Waals surface area (Å²) in [4.78, 5) is 23.8. The van der Waals surface area contributed by atoms with Gasteiger partial charge in [0.15, 0.2) is 0 Å². The lowest BCUT2D eigenvalue weighted by molar-refractivity contribution is -0.126. The van der Waals surface area contributed by atoms with Gasteiger partial charge in [0.25, 0.3) is 0 Å². The van der Waals surface area contributed by atoms with Crippen LogP contribution in [0.25, 0.3) is 0 Å². The van der Waals surface area contributed by atoms with Gasteiger partial charge >= 0.3 is 0 Å². The number of hydrogen-bond donors (Lipinski definition) is 2. The quantitative estimate of drug-likeness (QED) is 0.806. The van der Waals surface area contributed by atoms with Crippen molar-refractivity contribution in [3.63, 3.8) is 0 Å². The molecule has 120 valence electrons. The van der Waals surface area contributed by atoms with Crippen molar-refractivity contribution in [1.29, 1.82) is 0 Å². The number of ether oxygens (including phenoxy) is 1. The molecular weight excluding hydrogens is 292 g/mol. The number of carbonyl (C=O) groups excluding carboxylic acids is 2. The molecule has 2 aromatic rings. The zero-order chi connectivity index (χ0) is 16.7. The zero-order valence-corrected chi connectivity index (χ0v) is 13.3. The Morgan fingerprint density at radius 3 is 2.39 bits per heavy atom. The van der Waals surface area contributed by atoms with Gasteiger partial charge < -0.3 is 15.4 Å². The number of rotatable bonds is 6. The maximum Gasteiger partial charge on any atom is 0.233 e. The molecule has 0 bridgehead atoms. The molecule has 23 heavy (non-hydrogen) atoms. The molecule has 0 aliphatic carbocycles. The summed E-state index contributed by atoms with van der Waals surface area (Å²) in [5.74, 6) is -0.144. The molecule has 0 fully saturated rings. The summed E-state index contributed by atoms with van der Waals surface area (Å²) in [5, 5.41) is 5.41. The van der Waals surface area contributed by atoms with E-state index in [4.69, 9.17) is 4.74 Å². The minimum Gasteiger partial charge on any atom is -0.495 e. The molecule has 0 unspecified atom stereocenters. The maximum atomic E-state index is 11.9. The van der Waals surface area contributed by atoms with Crippen molar-refractivity contribution in [3.05, 3.63) is 59.7 Å². The standard InChI is InChI=1S/C18H20N2O3/c1-13-7-9-14(10-8-13)12-19-17(21)11-18(22)20-15-5-3-4-6-16(15)23-2/h3-10H,11-12H2,1-2H3,(H,19,21)(H,20,22). The van der Waals surface area contributed by atoms with Gasteiger partial charge in [-0.25, -0.2) is 0 Å². The summed E-state index contributed by atoms with van der Waals surface area (Å²) in [6.45, 7) is 2.41. The number of para-hydroxylation sites is 2. The fourth-order valence-electron chi connectivity index (χ4n) is 2.06. The number of amides is 2. The van der Waals surface area contributed by atoms with E-state index >= 15 is 0 Å². The maximum absolute atomic E-state index is 11.9. The van der Waals surface area contributed by atoms with Crippen molar-refractivity contribution in [2.75, 3.05) is 12.4 Å². The lowest BCUT2D eigenvalue weighted by Gasteiger charge is -2.10. The van der Waals surface area contributed by atoms with E-state index in [9.17, 15) is 9.59 Å². The van der Waals surface area contributed by atoms with Gasteiger partial charge in [0.1, 0.15) is 12.2 Å². The van der Waals surface area contributed by atoms with Crippen molar-refractivity contribution < 1.29 is 14.3 Å². The number of nitrogens with one attached hydrogen (secondary N) is 2. The molecule has 2 N–H and O–H groups in total. The van der Waals surface area contributed by atoms with E-state index in [2.05, 4.69) is 10.6 Å². The Kier molecular flexibility index (Phi) is 5.74. The first kappa shape index (κ1) is 16.5. The SMILES string of the molecule is COc1ccccc1NC(=O)CC(=O)NCc1ccc(C)cc1. The monoisotopic (exact) mass is 312 g/mol. The van der Waals surface area contributed by atoms with E-state index in [1.54, 1.807) is 18.2 Å². The average molecular weight is 312 g/mol. The van der Waals surface area contributed by atoms with Gasteiger partial charge in [0, 0.05) is 6.54 Å². The molecule has 0 aliphatic heterocycles. The molecule has 5 heteroatoms. The first-order valence-corrected chi connectivity index (χ1v) is 7.33. The number of methoxy groups -OCH3 is 1. The topological polar surface area (TPSA) is 67.4 Å². The normalized spacial score (nSPS) is 10.0. The van der Waals surface area contributed by atoms with Crippen molar-refractivity contribution in [2.24, 2.45) is 0 Å². The molecule has 0 spiro atoms. The smallest absolute Gasteiger partial charge is 0.233 e. The molecule has 0 saturated carbocycles.